The molecule has 3 amide bonds. The van der Waals surface area contributed by atoms with Crippen molar-refractivity contribution in [1.29, 1.82) is 0 Å². The van der Waals surface area contributed by atoms with Crippen LogP contribution in [0.2, 0.25) is 5.02 Å². The van der Waals surface area contributed by atoms with Gasteiger partial charge in [0.2, 0.25) is 21.8 Å². The number of hydrogen-bond donors (Lipinski definition) is 1. The molecular weight excluding hydrogens is 630 g/mol. The zero-order valence-corrected chi connectivity index (χ0v) is 27.7. The van der Waals surface area contributed by atoms with E-state index in [0.29, 0.717) is 43.2 Å². The van der Waals surface area contributed by atoms with E-state index in [1.807, 2.05) is 19.0 Å². The van der Waals surface area contributed by atoms with E-state index in [0.717, 1.165) is 43.1 Å². The van der Waals surface area contributed by atoms with Crippen LogP contribution in [0.4, 0.5) is 0 Å². The van der Waals surface area contributed by atoms with Crippen LogP contribution in [-0.2, 0) is 26.7 Å². The average Bonchev–Trinajstić information content (AvgIpc) is 3.80. The summed E-state index contributed by atoms with van der Waals surface area (Å²) in [4.78, 5) is 51.5. The molecule has 0 bridgehead atoms. The number of piperidine rings is 1. The molecule has 1 unspecified atom stereocenters. The van der Waals surface area contributed by atoms with Gasteiger partial charge in [0.15, 0.2) is 0 Å². The molecule has 3 aromatic rings. The summed E-state index contributed by atoms with van der Waals surface area (Å²) in [5.74, 6) is -0.597. The quantitative estimate of drug-likeness (QED) is 0.371. The minimum atomic E-state index is -3.98. The fraction of sp³-hybridized carbons (Fsp3) is 0.500. The maximum Gasteiger partial charge on any atom is 0.274 e. The van der Waals surface area contributed by atoms with Crippen LogP contribution < -0.4 is 4.72 Å². The highest BCUT2D eigenvalue weighted by molar-refractivity contribution is 7.89. The van der Waals surface area contributed by atoms with E-state index in [9.17, 15) is 22.8 Å². The van der Waals surface area contributed by atoms with Gasteiger partial charge in [-0.25, -0.2) is 13.4 Å². The predicted molar refractivity (Wildman–Crippen MR) is 174 cm³/mol. The first-order chi connectivity index (χ1) is 22.0. The standard InChI is InChI=1S/C32H40ClN7O5S/c1-36-19-29(34-21-36)31(42)37(2)25-11-14-38(17-25)18-26-5-3-13-40(26)30(41)20-39-12-4-6-28(32(39)43)35-46(44,45)27-10-8-22-15-24(33)9-7-23(22)16-27/h7-10,15-16,19,21,25-26,28,35H,3-6,11-14,17-18,20H2,1-2H3/t25?,26-,28-/m0/s1. The van der Waals surface area contributed by atoms with E-state index in [1.165, 1.54) is 11.0 Å². The van der Waals surface area contributed by atoms with E-state index < -0.39 is 16.1 Å². The Kier molecular flexibility index (Phi) is 9.38. The van der Waals surface area contributed by atoms with Crippen LogP contribution in [0.15, 0.2) is 53.8 Å². The first-order valence-electron chi connectivity index (χ1n) is 15.8. The summed E-state index contributed by atoms with van der Waals surface area (Å²) in [5.41, 5.74) is 0.428. The monoisotopic (exact) mass is 669 g/mol. The number of aromatic nitrogens is 2. The minimum absolute atomic E-state index is 0.0278. The third-order valence-electron chi connectivity index (χ3n) is 9.44. The van der Waals surface area contributed by atoms with Gasteiger partial charge in [0.25, 0.3) is 5.91 Å². The molecule has 3 aliphatic heterocycles. The number of fused-ring (bicyclic) bond motifs is 1. The van der Waals surface area contributed by atoms with Gasteiger partial charge in [-0.1, -0.05) is 23.7 Å². The molecule has 0 radical (unpaired) electrons. The molecule has 3 fully saturated rings. The molecule has 0 spiro atoms. The molecular formula is C32H40ClN7O5S. The van der Waals surface area contributed by atoms with Crippen LogP contribution in [-0.4, -0.2) is 120 Å². The lowest BCUT2D eigenvalue weighted by Gasteiger charge is -2.35. The van der Waals surface area contributed by atoms with Crippen LogP contribution in [0.5, 0.6) is 0 Å². The first kappa shape index (κ1) is 32.4. The van der Waals surface area contributed by atoms with Gasteiger partial charge in [-0.15, -0.1) is 0 Å². The second-order valence-corrected chi connectivity index (χ2v) is 14.8. The largest absolute Gasteiger partial charge is 0.340 e. The van der Waals surface area contributed by atoms with Crippen molar-refractivity contribution in [2.75, 3.05) is 46.3 Å². The van der Waals surface area contributed by atoms with Gasteiger partial charge in [-0.3, -0.25) is 19.3 Å². The van der Waals surface area contributed by atoms with Crippen LogP contribution in [0.3, 0.4) is 0 Å². The van der Waals surface area contributed by atoms with Crippen LogP contribution in [0, 0.1) is 0 Å². The number of likely N-dealkylation sites (tertiary alicyclic amines) is 3. The predicted octanol–water partition coefficient (Wildman–Crippen LogP) is 2.33. The lowest BCUT2D eigenvalue weighted by molar-refractivity contribution is -0.143. The van der Waals surface area contributed by atoms with Gasteiger partial charge in [-0.05, 0) is 67.1 Å². The van der Waals surface area contributed by atoms with Crippen molar-refractivity contribution in [3.63, 3.8) is 0 Å². The fourth-order valence-corrected chi connectivity index (χ4v) is 8.33. The molecule has 12 nitrogen and oxygen atoms in total. The van der Waals surface area contributed by atoms with Gasteiger partial charge in [0.05, 0.1) is 17.8 Å². The Labute approximate surface area is 274 Å². The van der Waals surface area contributed by atoms with Crippen molar-refractivity contribution in [3.8, 4) is 0 Å². The van der Waals surface area contributed by atoms with Crippen LogP contribution in [0.25, 0.3) is 10.8 Å². The molecule has 246 valence electrons. The molecule has 1 N–H and O–H groups in total. The number of aryl methyl sites for hydroxylation is 1. The summed E-state index contributed by atoms with van der Waals surface area (Å²) < 4.78 is 30.9. The van der Waals surface area contributed by atoms with E-state index >= 15 is 0 Å². The highest BCUT2D eigenvalue weighted by Gasteiger charge is 2.38. The number of nitrogens with zero attached hydrogens (tertiary/aromatic N) is 6. The number of benzene rings is 2. The summed E-state index contributed by atoms with van der Waals surface area (Å²) in [7, 11) is -0.324. The molecule has 0 saturated carbocycles. The van der Waals surface area contributed by atoms with Crippen LogP contribution in [0.1, 0.15) is 42.6 Å². The van der Waals surface area contributed by atoms with Crippen molar-refractivity contribution in [2.45, 2.75) is 55.1 Å². The van der Waals surface area contributed by atoms with Crippen LogP contribution >= 0.6 is 11.6 Å². The molecule has 0 aliphatic carbocycles. The van der Waals surface area contributed by atoms with Crippen molar-refractivity contribution in [2.24, 2.45) is 7.05 Å². The van der Waals surface area contributed by atoms with Crippen molar-refractivity contribution in [3.05, 3.63) is 59.6 Å². The molecule has 2 aromatic carbocycles. The smallest absolute Gasteiger partial charge is 0.274 e. The summed E-state index contributed by atoms with van der Waals surface area (Å²) in [6.45, 7) is 3.23. The zero-order chi connectivity index (χ0) is 32.6. The number of rotatable bonds is 9. The Morgan fingerprint density at radius 1 is 1.04 bits per heavy atom. The molecule has 3 aliphatic rings. The van der Waals surface area contributed by atoms with E-state index in [2.05, 4.69) is 14.6 Å². The average molecular weight is 670 g/mol. The van der Waals surface area contributed by atoms with Gasteiger partial charge in [0, 0.05) is 70.1 Å². The molecule has 3 atom stereocenters. The number of amides is 3. The normalized spacial score (nSPS) is 22.6. The van der Waals surface area contributed by atoms with Crippen molar-refractivity contribution >= 4 is 50.1 Å². The SMILES string of the molecule is CN(C(=O)c1cn(C)cn1)C1CCN(C[C@@H]2CCCN2C(=O)CN2CCC[C@H](NS(=O)(=O)c3ccc4cc(Cl)ccc4c3)C2=O)C1. The number of nitrogens with one attached hydrogen (secondary N) is 1. The topological polar surface area (TPSA) is 128 Å². The molecule has 14 heteroatoms. The zero-order valence-electron chi connectivity index (χ0n) is 26.1. The Balaban J connectivity index is 1.03. The fourth-order valence-electron chi connectivity index (χ4n) is 6.89. The number of sulfonamides is 1. The maximum absolute atomic E-state index is 13.5. The summed E-state index contributed by atoms with van der Waals surface area (Å²) in [5, 5.41) is 2.10. The minimum Gasteiger partial charge on any atom is -0.340 e. The third-order valence-corrected chi connectivity index (χ3v) is 11.1. The van der Waals surface area contributed by atoms with Gasteiger partial charge in [0.1, 0.15) is 11.7 Å². The number of hydrogen-bond acceptors (Lipinski definition) is 7. The third kappa shape index (κ3) is 6.92. The number of imidazole rings is 1. The molecule has 1 aromatic heterocycles. The summed E-state index contributed by atoms with van der Waals surface area (Å²) >= 11 is 6.06. The Hall–Kier alpha value is -3.52. The summed E-state index contributed by atoms with van der Waals surface area (Å²) in [6.07, 6.45) is 6.91. The van der Waals surface area contributed by atoms with E-state index in [-0.39, 0.29) is 41.2 Å². The lowest BCUT2D eigenvalue weighted by Crippen LogP contribution is -2.55. The summed E-state index contributed by atoms with van der Waals surface area (Å²) in [6, 6.07) is 9.14. The number of carbonyl (C=O) groups excluding carboxylic acids is 3. The van der Waals surface area contributed by atoms with Crippen molar-refractivity contribution < 1.29 is 22.8 Å². The Bertz CT molecular complexity index is 1750. The molecule has 4 heterocycles. The second-order valence-electron chi connectivity index (χ2n) is 12.7. The molecule has 46 heavy (non-hydrogen) atoms. The van der Waals surface area contributed by atoms with Crippen molar-refractivity contribution in [1.82, 2.24) is 33.9 Å². The van der Waals surface area contributed by atoms with E-state index in [1.54, 1.807) is 52.3 Å². The number of carbonyl (C=O) groups is 3. The van der Waals surface area contributed by atoms with Gasteiger partial charge in [-0.2, -0.15) is 4.72 Å². The lowest BCUT2D eigenvalue weighted by atomic mass is 10.1. The number of likely N-dealkylation sites (N-methyl/N-ethyl adjacent to an activating group) is 1. The molecule has 3 saturated heterocycles. The maximum atomic E-state index is 13.5. The van der Waals surface area contributed by atoms with E-state index in [4.69, 9.17) is 11.6 Å². The highest BCUT2D eigenvalue weighted by atomic mass is 35.5. The van der Waals surface area contributed by atoms with Gasteiger partial charge < -0.3 is 19.3 Å². The van der Waals surface area contributed by atoms with Gasteiger partial charge >= 0.3 is 0 Å². The number of halogens is 1. The highest BCUT2D eigenvalue weighted by Crippen LogP contribution is 2.25. The second kappa shape index (κ2) is 13.3. The first-order valence-corrected chi connectivity index (χ1v) is 17.6. The molecule has 6 rings (SSSR count). The Morgan fingerprint density at radius 3 is 2.59 bits per heavy atom. The Morgan fingerprint density at radius 2 is 1.80 bits per heavy atom.